The number of rotatable bonds is 3. The smallest absolute Gasteiger partial charge is 0.123 e. The molecule has 0 radical (unpaired) electrons. The van der Waals surface area contributed by atoms with Crippen molar-refractivity contribution in [1.82, 2.24) is 0 Å². The molecule has 1 atom stereocenters. The Balaban J connectivity index is 2.30. The third kappa shape index (κ3) is 3.16. The number of nitrogens with zero attached hydrogens (tertiary/aromatic N) is 1. The van der Waals surface area contributed by atoms with Gasteiger partial charge in [0, 0.05) is 11.4 Å². The van der Waals surface area contributed by atoms with Crippen LogP contribution >= 0.6 is 11.6 Å². The lowest BCUT2D eigenvalue weighted by Gasteiger charge is -2.24. The molecule has 0 saturated carbocycles. The van der Waals surface area contributed by atoms with Crippen molar-refractivity contribution in [3.05, 3.63) is 70.0 Å². The van der Waals surface area contributed by atoms with Crippen LogP contribution in [0.4, 0.5) is 4.39 Å². The van der Waals surface area contributed by atoms with Crippen molar-refractivity contribution < 1.29 is 9.50 Å². The lowest BCUT2D eigenvalue weighted by Crippen LogP contribution is -2.24. The van der Waals surface area contributed by atoms with Gasteiger partial charge in [-0.2, -0.15) is 5.26 Å². The van der Waals surface area contributed by atoms with Gasteiger partial charge in [0.25, 0.3) is 0 Å². The Labute approximate surface area is 122 Å². The van der Waals surface area contributed by atoms with Crippen molar-refractivity contribution in [2.75, 3.05) is 0 Å². The van der Waals surface area contributed by atoms with Crippen LogP contribution in [-0.2, 0) is 12.0 Å². The molecule has 2 nitrogen and oxygen atoms in total. The summed E-state index contributed by atoms with van der Waals surface area (Å²) < 4.78 is 13.2. The van der Waals surface area contributed by atoms with Crippen LogP contribution in [0.25, 0.3) is 0 Å². The minimum absolute atomic E-state index is 0.190. The Morgan fingerprint density at radius 2 is 1.90 bits per heavy atom. The molecule has 0 aliphatic rings. The molecule has 0 heterocycles. The number of hydrogen-bond donors (Lipinski definition) is 1. The molecule has 0 aliphatic carbocycles. The van der Waals surface area contributed by atoms with Gasteiger partial charge in [-0.25, -0.2) is 4.39 Å². The molecule has 0 saturated heterocycles. The first-order valence-corrected chi connectivity index (χ1v) is 6.47. The maximum absolute atomic E-state index is 13.2. The predicted molar refractivity (Wildman–Crippen MR) is 75.8 cm³/mol. The van der Waals surface area contributed by atoms with E-state index in [2.05, 4.69) is 0 Å². The van der Waals surface area contributed by atoms with Crippen LogP contribution in [0, 0.1) is 17.1 Å². The van der Waals surface area contributed by atoms with Gasteiger partial charge >= 0.3 is 0 Å². The first-order chi connectivity index (χ1) is 9.42. The van der Waals surface area contributed by atoms with Crippen molar-refractivity contribution in [3.8, 4) is 6.07 Å². The van der Waals surface area contributed by atoms with Crippen molar-refractivity contribution in [1.29, 1.82) is 5.26 Å². The van der Waals surface area contributed by atoms with Gasteiger partial charge in [0.15, 0.2) is 0 Å². The van der Waals surface area contributed by atoms with Gasteiger partial charge in [-0.3, -0.25) is 0 Å². The number of nitriles is 1. The summed E-state index contributed by atoms with van der Waals surface area (Å²) in [5.74, 6) is -0.389. The fourth-order valence-electron chi connectivity index (χ4n) is 2.06. The average molecular weight is 290 g/mol. The van der Waals surface area contributed by atoms with E-state index in [0.29, 0.717) is 21.7 Å². The van der Waals surface area contributed by atoms with Crippen LogP contribution in [0.1, 0.15) is 23.6 Å². The zero-order chi connectivity index (χ0) is 14.8. The van der Waals surface area contributed by atoms with E-state index in [9.17, 15) is 9.50 Å². The Hall–Kier alpha value is -1.89. The van der Waals surface area contributed by atoms with E-state index in [1.165, 1.54) is 18.2 Å². The molecule has 2 aromatic carbocycles. The van der Waals surface area contributed by atoms with Crippen molar-refractivity contribution in [2.24, 2.45) is 0 Å². The molecule has 1 unspecified atom stereocenters. The van der Waals surface area contributed by atoms with E-state index in [0.717, 1.165) is 0 Å². The van der Waals surface area contributed by atoms with Crippen LogP contribution < -0.4 is 0 Å². The molecule has 0 amide bonds. The van der Waals surface area contributed by atoms with Gasteiger partial charge in [0.05, 0.1) is 17.2 Å². The van der Waals surface area contributed by atoms with E-state index in [-0.39, 0.29) is 12.2 Å². The average Bonchev–Trinajstić information content (AvgIpc) is 2.43. The summed E-state index contributed by atoms with van der Waals surface area (Å²) in [7, 11) is 0. The van der Waals surface area contributed by atoms with Gasteiger partial charge in [-0.15, -0.1) is 0 Å². The van der Waals surface area contributed by atoms with Gasteiger partial charge < -0.3 is 5.11 Å². The van der Waals surface area contributed by atoms with E-state index in [1.807, 2.05) is 6.07 Å². The zero-order valence-electron chi connectivity index (χ0n) is 10.9. The first-order valence-electron chi connectivity index (χ1n) is 6.09. The Morgan fingerprint density at radius 3 is 2.50 bits per heavy atom. The molecule has 2 rings (SSSR count). The summed E-state index contributed by atoms with van der Waals surface area (Å²) in [5, 5.41) is 19.7. The van der Waals surface area contributed by atoms with E-state index >= 15 is 0 Å². The Bertz CT molecular complexity index is 659. The summed E-state index contributed by atoms with van der Waals surface area (Å²) in [5.41, 5.74) is 0.525. The third-order valence-corrected chi connectivity index (χ3v) is 3.55. The fraction of sp³-hybridized carbons (Fsp3) is 0.188. The van der Waals surface area contributed by atoms with Gasteiger partial charge in [-0.05, 0) is 48.4 Å². The van der Waals surface area contributed by atoms with Gasteiger partial charge in [-0.1, -0.05) is 23.7 Å². The van der Waals surface area contributed by atoms with E-state index in [1.54, 1.807) is 31.2 Å². The monoisotopic (exact) mass is 289 g/mol. The summed E-state index contributed by atoms with van der Waals surface area (Å²) in [4.78, 5) is 0. The highest BCUT2D eigenvalue weighted by Crippen LogP contribution is 2.29. The molecule has 0 fully saturated rings. The first kappa shape index (κ1) is 14.5. The minimum Gasteiger partial charge on any atom is -0.385 e. The topological polar surface area (TPSA) is 44.0 Å². The molecule has 1 N–H and O–H groups in total. The molecule has 0 bridgehead atoms. The molecule has 4 heteroatoms. The molecule has 102 valence electrons. The second kappa shape index (κ2) is 5.62. The van der Waals surface area contributed by atoms with Crippen molar-refractivity contribution >= 4 is 11.6 Å². The largest absolute Gasteiger partial charge is 0.385 e. The lowest BCUT2D eigenvalue weighted by molar-refractivity contribution is 0.0576. The van der Waals surface area contributed by atoms with Crippen molar-refractivity contribution in [3.63, 3.8) is 0 Å². The van der Waals surface area contributed by atoms with Crippen LogP contribution in [0.3, 0.4) is 0 Å². The standard InChI is InChI=1S/C16H13ClFNO/c1-16(20,13-4-2-11(10-19)3-5-13)9-12-8-14(18)6-7-15(12)17/h2-8,20H,9H2,1H3. The molecule has 0 aromatic heterocycles. The summed E-state index contributed by atoms with van der Waals surface area (Å²) in [6.45, 7) is 1.63. The van der Waals surface area contributed by atoms with Crippen LogP contribution in [-0.4, -0.2) is 5.11 Å². The lowest BCUT2D eigenvalue weighted by atomic mass is 9.88. The van der Waals surface area contributed by atoms with E-state index in [4.69, 9.17) is 16.9 Å². The minimum atomic E-state index is -1.19. The maximum atomic E-state index is 13.2. The number of hydrogen-bond acceptors (Lipinski definition) is 2. The zero-order valence-corrected chi connectivity index (χ0v) is 11.7. The number of halogens is 2. The van der Waals surface area contributed by atoms with Gasteiger partial charge in [0.1, 0.15) is 5.82 Å². The third-order valence-electron chi connectivity index (χ3n) is 3.18. The molecule has 0 spiro atoms. The Morgan fingerprint density at radius 1 is 1.25 bits per heavy atom. The predicted octanol–water partition coefficient (Wildman–Crippen LogP) is 3.80. The SMILES string of the molecule is CC(O)(Cc1cc(F)ccc1Cl)c1ccc(C#N)cc1. The normalized spacial score (nSPS) is 13.6. The summed E-state index contributed by atoms with van der Waals surface area (Å²) >= 11 is 6.02. The molecule has 2 aromatic rings. The molecular weight excluding hydrogens is 277 g/mol. The number of benzene rings is 2. The van der Waals surface area contributed by atoms with Gasteiger partial charge in [0.2, 0.25) is 0 Å². The Kier molecular flexibility index (Phi) is 4.08. The second-order valence-corrected chi connectivity index (χ2v) is 5.28. The summed E-state index contributed by atoms with van der Waals surface area (Å²) in [6, 6.07) is 12.7. The highest BCUT2D eigenvalue weighted by molar-refractivity contribution is 6.31. The van der Waals surface area contributed by atoms with Crippen molar-refractivity contribution in [2.45, 2.75) is 18.9 Å². The summed E-state index contributed by atoms with van der Waals surface area (Å²) in [6.07, 6.45) is 0.190. The molecule has 20 heavy (non-hydrogen) atoms. The van der Waals surface area contributed by atoms with E-state index < -0.39 is 5.60 Å². The fourth-order valence-corrected chi connectivity index (χ4v) is 2.24. The highest BCUT2D eigenvalue weighted by Gasteiger charge is 2.24. The number of aliphatic hydroxyl groups is 1. The second-order valence-electron chi connectivity index (χ2n) is 4.88. The molecular formula is C16H13ClFNO. The van der Waals surface area contributed by atoms with Crippen LogP contribution in [0.2, 0.25) is 5.02 Å². The quantitative estimate of drug-likeness (QED) is 0.934. The van der Waals surface area contributed by atoms with Crippen LogP contribution in [0.15, 0.2) is 42.5 Å². The van der Waals surface area contributed by atoms with Crippen LogP contribution in [0.5, 0.6) is 0 Å². The molecule has 0 aliphatic heterocycles. The maximum Gasteiger partial charge on any atom is 0.123 e. The highest BCUT2D eigenvalue weighted by atomic mass is 35.5.